The second-order valence-corrected chi connectivity index (χ2v) is 7.06. The van der Waals surface area contributed by atoms with Crippen molar-refractivity contribution in [3.05, 3.63) is 47.6 Å². The zero-order chi connectivity index (χ0) is 20.8. The first-order valence-corrected chi connectivity index (χ1v) is 9.45. The Morgan fingerprint density at radius 2 is 1.97 bits per heavy atom. The van der Waals surface area contributed by atoms with Crippen molar-refractivity contribution in [1.82, 2.24) is 9.80 Å². The summed E-state index contributed by atoms with van der Waals surface area (Å²) in [5, 5.41) is 0. The minimum absolute atomic E-state index is 0.392. The van der Waals surface area contributed by atoms with Gasteiger partial charge in [-0.1, -0.05) is 5.92 Å². The van der Waals surface area contributed by atoms with Crippen LogP contribution < -0.4 is 15.2 Å². The summed E-state index contributed by atoms with van der Waals surface area (Å²) in [7, 11) is 7.25. The summed E-state index contributed by atoms with van der Waals surface area (Å²) in [6, 6.07) is 5.52. The van der Waals surface area contributed by atoms with Gasteiger partial charge < -0.3 is 25.0 Å². The van der Waals surface area contributed by atoms with Gasteiger partial charge in [-0.2, -0.15) is 0 Å². The molecule has 3 rings (SSSR count). The van der Waals surface area contributed by atoms with E-state index in [-0.39, 0.29) is 0 Å². The molecule has 0 radical (unpaired) electrons. The fraction of sp³-hybridized carbons (Fsp3) is 0.364. The highest BCUT2D eigenvalue weighted by Gasteiger charge is 2.19. The molecule has 1 aromatic rings. The summed E-state index contributed by atoms with van der Waals surface area (Å²) in [5.41, 5.74) is 8.18. The Labute approximate surface area is 172 Å². The summed E-state index contributed by atoms with van der Waals surface area (Å²) in [6.45, 7) is 2.07. The van der Waals surface area contributed by atoms with Crippen molar-refractivity contribution in [1.29, 1.82) is 0 Å². The van der Waals surface area contributed by atoms with Gasteiger partial charge in [-0.05, 0) is 38.1 Å². The molecule has 1 fully saturated rings. The van der Waals surface area contributed by atoms with E-state index in [2.05, 4.69) is 28.8 Å². The zero-order valence-corrected chi connectivity index (χ0v) is 17.3. The number of methoxy groups -OCH3 is 2. The molecule has 0 saturated carbocycles. The van der Waals surface area contributed by atoms with Gasteiger partial charge in [-0.15, -0.1) is 0 Å². The van der Waals surface area contributed by atoms with Crippen molar-refractivity contribution >= 4 is 12.1 Å². The summed E-state index contributed by atoms with van der Waals surface area (Å²) in [4.78, 5) is 13.1. The first-order chi connectivity index (χ1) is 14.0. The van der Waals surface area contributed by atoms with Crippen molar-refractivity contribution in [2.24, 2.45) is 21.6 Å². The highest BCUT2D eigenvalue weighted by Crippen LogP contribution is 2.22. The van der Waals surface area contributed by atoms with Crippen LogP contribution in [0.4, 0.5) is 0 Å². The van der Waals surface area contributed by atoms with E-state index in [0.29, 0.717) is 34.6 Å². The van der Waals surface area contributed by atoms with Crippen LogP contribution in [-0.2, 0) is 0 Å². The minimum atomic E-state index is 0.392. The lowest BCUT2D eigenvalue weighted by atomic mass is 10.1. The number of allylic oxidation sites excluding steroid dienone is 1. The lowest BCUT2D eigenvalue weighted by molar-refractivity contribution is 0.394. The van der Waals surface area contributed by atoms with E-state index in [1.807, 2.05) is 42.6 Å². The van der Waals surface area contributed by atoms with Gasteiger partial charge in [0.2, 0.25) is 0 Å². The number of aliphatic imine (C=N–C) groups is 2. The van der Waals surface area contributed by atoms with E-state index in [4.69, 9.17) is 20.2 Å². The first kappa shape index (κ1) is 20.5. The molecule has 152 valence electrons. The third-order valence-electron chi connectivity index (χ3n) is 4.84. The number of amidine groups is 1. The number of hydrogen-bond donors (Lipinski definition) is 1. The molecule has 1 atom stereocenters. The summed E-state index contributed by atoms with van der Waals surface area (Å²) in [5.74, 6) is 8.49. The normalized spacial score (nSPS) is 21.0. The average Bonchev–Trinajstić information content (AvgIpc) is 3.14. The number of benzene rings is 1. The third-order valence-corrected chi connectivity index (χ3v) is 4.84. The zero-order valence-electron chi connectivity index (χ0n) is 17.3. The van der Waals surface area contributed by atoms with Crippen LogP contribution in [0.25, 0.3) is 0 Å². The highest BCUT2D eigenvalue weighted by molar-refractivity contribution is 5.99. The predicted octanol–water partition coefficient (Wildman–Crippen LogP) is 2.06. The molecular formula is C22H27N5O2. The standard InChI is InChI=1S/C22H27N5O2/c1-26-9-7-17(15-26)14-25-20(21-22(23)24-8-10-27(21)2)6-5-16-11-18(28-3)13-19(12-16)29-4/h8,10-14,17H,7,9,15H2,1-4H3,(H2,23,24)/b21-20-,25-14?. The second-order valence-electron chi connectivity index (χ2n) is 7.06. The van der Waals surface area contributed by atoms with Crippen LogP contribution in [0.5, 0.6) is 11.5 Å². The minimum Gasteiger partial charge on any atom is -0.497 e. The number of ether oxygens (including phenoxy) is 2. The fourth-order valence-corrected chi connectivity index (χ4v) is 3.25. The Morgan fingerprint density at radius 3 is 2.55 bits per heavy atom. The molecule has 29 heavy (non-hydrogen) atoms. The van der Waals surface area contributed by atoms with Gasteiger partial charge in [0.05, 0.1) is 14.2 Å². The molecule has 2 aliphatic heterocycles. The third kappa shape index (κ3) is 5.18. The van der Waals surface area contributed by atoms with Crippen molar-refractivity contribution in [3.63, 3.8) is 0 Å². The Morgan fingerprint density at radius 1 is 1.24 bits per heavy atom. The van der Waals surface area contributed by atoms with E-state index < -0.39 is 0 Å². The number of likely N-dealkylation sites (tertiary alicyclic amines) is 1. The molecule has 1 unspecified atom stereocenters. The Balaban J connectivity index is 1.99. The topological polar surface area (TPSA) is 75.7 Å². The monoisotopic (exact) mass is 393 g/mol. The van der Waals surface area contributed by atoms with Crippen molar-refractivity contribution in [3.8, 4) is 23.3 Å². The van der Waals surface area contributed by atoms with Gasteiger partial charge in [-0.3, -0.25) is 0 Å². The van der Waals surface area contributed by atoms with E-state index in [1.54, 1.807) is 20.4 Å². The highest BCUT2D eigenvalue weighted by atomic mass is 16.5. The molecule has 0 aromatic heterocycles. The van der Waals surface area contributed by atoms with E-state index in [0.717, 1.165) is 25.1 Å². The number of nitrogens with zero attached hydrogens (tertiary/aromatic N) is 4. The largest absolute Gasteiger partial charge is 0.497 e. The maximum Gasteiger partial charge on any atom is 0.150 e. The number of likely N-dealkylation sites (N-methyl/N-ethyl adjacent to an activating group) is 1. The van der Waals surface area contributed by atoms with Crippen LogP contribution in [0.1, 0.15) is 12.0 Å². The fourth-order valence-electron chi connectivity index (χ4n) is 3.25. The number of nitrogens with two attached hydrogens (primary N) is 1. The molecule has 1 aromatic carbocycles. The van der Waals surface area contributed by atoms with Crippen molar-refractivity contribution in [2.75, 3.05) is 41.4 Å². The van der Waals surface area contributed by atoms with E-state index in [1.165, 1.54) is 0 Å². The molecular weight excluding hydrogens is 366 g/mol. The summed E-state index contributed by atoms with van der Waals surface area (Å²) < 4.78 is 10.7. The quantitative estimate of drug-likeness (QED) is 0.626. The van der Waals surface area contributed by atoms with Gasteiger partial charge in [0.1, 0.15) is 28.7 Å². The van der Waals surface area contributed by atoms with Crippen LogP contribution in [0.2, 0.25) is 0 Å². The van der Waals surface area contributed by atoms with Gasteiger partial charge in [0, 0.05) is 49.8 Å². The lowest BCUT2D eigenvalue weighted by Gasteiger charge is -2.21. The Bertz CT molecular complexity index is 914. The molecule has 2 heterocycles. The molecule has 2 aliphatic rings. The smallest absolute Gasteiger partial charge is 0.150 e. The van der Waals surface area contributed by atoms with E-state index in [9.17, 15) is 0 Å². The van der Waals surface area contributed by atoms with Crippen LogP contribution in [0, 0.1) is 17.8 Å². The van der Waals surface area contributed by atoms with Crippen LogP contribution in [0.15, 0.2) is 52.0 Å². The second kappa shape index (κ2) is 9.30. The maximum atomic E-state index is 6.15. The van der Waals surface area contributed by atoms with Crippen molar-refractivity contribution < 1.29 is 9.47 Å². The molecule has 0 spiro atoms. The van der Waals surface area contributed by atoms with Crippen molar-refractivity contribution in [2.45, 2.75) is 6.42 Å². The SMILES string of the molecule is COc1cc(C#C/C(N=CC2CCN(C)C2)=C2\C(N)=NC=CN2C)cc(OC)c1. The maximum absolute atomic E-state index is 6.15. The van der Waals surface area contributed by atoms with Crippen LogP contribution in [0.3, 0.4) is 0 Å². The van der Waals surface area contributed by atoms with Gasteiger partial charge in [0.25, 0.3) is 0 Å². The molecule has 0 bridgehead atoms. The Kier molecular flexibility index (Phi) is 6.57. The van der Waals surface area contributed by atoms with Crippen LogP contribution >= 0.6 is 0 Å². The number of hydrogen-bond acceptors (Lipinski definition) is 7. The molecule has 0 amide bonds. The van der Waals surface area contributed by atoms with Gasteiger partial charge in [-0.25, -0.2) is 9.98 Å². The lowest BCUT2D eigenvalue weighted by Crippen LogP contribution is -2.28. The molecule has 2 N–H and O–H groups in total. The summed E-state index contributed by atoms with van der Waals surface area (Å²) >= 11 is 0. The Hall–Kier alpha value is -3.24. The van der Waals surface area contributed by atoms with Gasteiger partial charge in [0.15, 0.2) is 0 Å². The average molecular weight is 393 g/mol. The molecule has 0 aliphatic carbocycles. The first-order valence-electron chi connectivity index (χ1n) is 9.45. The van der Waals surface area contributed by atoms with Gasteiger partial charge >= 0.3 is 0 Å². The molecule has 7 nitrogen and oxygen atoms in total. The molecule has 1 saturated heterocycles. The molecule has 7 heteroatoms. The van der Waals surface area contributed by atoms with Crippen LogP contribution in [-0.4, -0.2) is 63.3 Å². The summed E-state index contributed by atoms with van der Waals surface area (Å²) in [6.07, 6.45) is 6.56. The van der Waals surface area contributed by atoms with E-state index >= 15 is 0 Å². The number of rotatable bonds is 4. The predicted molar refractivity (Wildman–Crippen MR) is 116 cm³/mol.